The topological polar surface area (TPSA) is 41.1 Å². The van der Waals surface area contributed by atoms with Crippen molar-refractivity contribution in [3.8, 4) is 0 Å². The molecule has 0 unspecified atom stereocenters. The van der Waals surface area contributed by atoms with Crippen LogP contribution in [0.25, 0.3) is 0 Å². The molecular weight excluding hydrogens is 317 g/mol. The van der Waals surface area contributed by atoms with E-state index in [1.54, 1.807) is 18.2 Å². The molecule has 0 aliphatic heterocycles. The quantitative estimate of drug-likeness (QED) is 0.843. The summed E-state index contributed by atoms with van der Waals surface area (Å²) in [6.07, 6.45) is -4.34. The summed E-state index contributed by atoms with van der Waals surface area (Å²) in [5.41, 5.74) is 1.62. The standard InChI is InChI=1S/C18H19F3N2O/c1-12(15-4-3-5-16(10-15)18(19,20)21)22-11-14-6-8-17(9-7-14)23-13(2)24/h3-10,12,22H,11H2,1-2H3,(H,23,24)/t12-/m0/s1. The summed E-state index contributed by atoms with van der Waals surface area (Å²) in [6, 6.07) is 12.4. The van der Waals surface area contributed by atoms with E-state index in [1.165, 1.54) is 13.0 Å². The van der Waals surface area contributed by atoms with Crippen LogP contribution in [-0.4, -0.2) is 5.91 Å². The summed E-state index contributed by atoms with van der Waals surface area (Å²) in [6.45, 7) is 3.77. The Kier molecular flexibility index (Phi) is 5.62. The van der Waals surface area contributed by atoms with Gasteiger partial charge in [-0.1, -0.05) is 24.3 Å². The summed E-state index contributed by atoms with van der Waals surface area (Å²) in [5, 5.41) is 5.88. The number of benzene rings is 2. The van der Waals surface area contributed by atoms with E-state index in [2.05, 4.69) is 10.6 Å². The van der Waals surface area contributed by atoms with Crippen LogP contribution in [0.4, 0.5) is 18.9 Å². The lowest BCUT2D eigenvalue weighted by atomic mass is 10.0. The molecule has 0 radical (unpaired) electrons. The Hall–Kier alpha value is -2.34. The molecule has 1 amide bonds. The van der Waals surface area contributed by atoms with Gasteiger partial charge in [-0.2, -0.15) is 13.2 Å². The Morgan fingerprint density at radius 1 is 1.12 bits per heavy atom. The number of alkyl halides is 3. The molecule has 2 aromatic rings. The van der Waals surface area contributed by atoms with Crippen LogP contribution in [0, 0.1) is 0 Å². The lowest BCUT2D eigenvalue weighted by Gasteiger charge is -2.16. The third-order valence-electron chi connectivity index (χ3n) is 3.60. The van der Waals surface area contributed by atoms with Crippen LogP contribution < -0.4 is 10.6 Å². The van der Waals surface area contributed by atoms with E-state index in [0.29, 0.717) is 17.8 Å². The zero-order valence-corrected chi connectivity index (χ0v) is 13.4. The highest BCUT2D eigenvalue weighted by Gasteiger charge is 2.30. The van der Waals surface area contributed by atoms with Gasteiger partial charge in [0.05, 0.1) is 5.56 Å². The normalized spacial score (nSPS) is 12.7. The Morgan fingerprint density at radius 2 is 1.79 bits per heavy atom. The van der Waals surface area contributed by atoms with Crippen LogP contribution in [0.1, 0.15) is 36.6 Å². The van der Waals surface area contributed by atoms with Crippen molar-refractivity contribution in [3.05, 3.63) is 65.2 Å². The molecule has 0 aliphatic rings. The average Bonchev–Trinajstić information content (AvgIpc) is 2.53. The largest absolute Gasteiger partial charge is 0.416 e. The van der Waals surface area contributed by atoms with Gasteiger partial charge >= 0.3 is 6.18 Å². The first kappa shape index (κ1) is 18.0. The molecule has 2 rings (SSSR count). The monoisotopic (exact) mass is 336 g/mol. The number of halogens is 3. The van der Waals surface area contributed by atoms with Gasteiger partial charge in [-0.15, -0.1) is 0 Å². The number of carbonyl (C=O) groups excluding carboxylic acids is 1. The molecule has 0 heterocycles. The summed E-state index contributed by atoms with van der Waals surface area (Å²) >= 11 is 0. The molecule has 0 bridgehead atoms. The maximum absolute atomic E-state index is 12.8. The van der Waals surface area contributed by atoms with Crippen molar-refractivity contribution in [3.63, 3.8) is 0 Å². The second-order valence-electron chi connectivity index (χ2n) is 5.60. The third kappa shape index (κ3) is 5.09. The van der Waals surface area contributed by atoms with Gasteiger partial charge in [-0.25, -0.2) is 0 Å². The van der Waals surface area contributed by atoms with Crippen molar-refractivity contribution in [2.45, 2.75) is 32.6 Å². The Morgan fingerprint density at radius 3 is 2.38 bits per heavy atom. The van der Waals surface area contributed by atoms with Gasteiger partial charge < -0.3 is 10.6 Å². The molecule has 24 heavy (non-hydrogen) atoms. The summed E-state index contributed by atoms with van der Waals surface area (Å²) in [4.78, 5) is 11.0. The number of carbonyl (C=O) groups is 1. The van der Waals surface area contributed by atoms with Crippen molar-refractivity contribution >= 4 is 11.6 Å². The minimum Gasteiger partial charge on any atom is -0.326 e. The number of anilines is 1. The van der Waals surface area contributed by atoms with Crippen LogP contribution in [0.15, 0.2) is 48.5 Å². The predicted octanol–water partition coefficient (Wildman–Crippen LogP) is 4.51. The van der Waals surface area contributed by atoms with Crippen LogP contribution >= 0.6 is 0 Å². The van der Waals surface area contributed by atoms with E-state index in [4.69, 9.17) is 0 Å². The van der Waals surface area contributed by atoms with Crippen molar-refractivity contribution in [2.75, 3.05) is 5.32 Å². The van der Waals surface area contributed by atoms with Crippen LogP contribution in [0.3, 0.4) is 0 Å². The maximum atomic E-state index is 12.8. The highest BCUT2D eigenvalue weighted by molar-refractivity contribution is 5.88. The number of hydrogen-bond donors (Lipinski definition) is 2. The molecule has 2 aromatic carbocycles. The number of amides is 1. The Labute approximate surface area is 138 Å². The van der Waals surface area contributed by atoms with E-state index in [-0.39, 0.29) is 11.9 Å². The lowest BCUT2D eigenvalue weighted by molar-refractivity contribution is -0.137. The number of nitrogens with one attached hydrogen (secondary N) is 2. The predicted molar refractivity (Wildman–Crippen MR) is 87.4 cm³/mol. The van der Waals surface area contributed by atoms with E-state index < -0.39 is 11.7 Å². The molecule has 0 aromatic heterocycles. The minimum absolute atomic E-state index is 0.140. The first-order valence-electron chi connectivity index (χ1n) is 7.53. The van der Waals surface area contributed by atoms with Crippen molar-refractivity contribution in [1.82, 2.24) is 5.32 Å². The van der Waals surface area contributed by atoms with Gasteiger partial charge in [0.15, 0.2) is 0 Å². The first-order chi connectivity index (χ1) is 11.3. The Bertz CT molecular complexity index is 696. The van der Waals surface area contributed by atoms with E-state index in [0.717, 1.165) is 17.7 Å². The molecule has 0 aliphatic carbocycles. The highest BCUT2D eigenvalue weighted by Crippen LogP contribution is 2.30. The van der Waals surface area contributed by atoms with Gasteiger partial charge in [-0.3, -0.25) is 4.79 Å². The van der Waals surface area contributed by atoms with Gasteiger partial charge in [0, 0.05) is 25.2 Å². The fraction of sp³-hybridized carbons (Fsp3) is 0.278. The van der Waals surface area contributed by atoms with Crippen LogP contribution in [0.5, 0.6) is 0 Å². The molecule has 0 saturated heterocycles. The van der Waals surface area contributed by atoms with Crippen LogP contribution in [0.2, 0.25) is 0 Å². The molecule has 3 nitrogen and oxygen atoms in total. The Balaban J connectivity index is 1.98. The smallest absolute Gasteiger partial charge is 0.326 e. The van der Waals surface area contributed by atoms with Crippen molar-refractivity contribution in [1.29, 1.82) is 0 Å². The van der Waals surface area contributed by atoms with Gasteiger partial charge in [0.25, 0.3) is 0 Å². The molecule has 0 saturated carbocycles. The molecule has 0 spiro atoms. The van der Waals surface area contributed by atoms with Gasteiger partial charge in [-0.05, 0) is 42.3 Å². The zero-order chi connectivity index (χ0) is 17.7. The van der Waals surface area contributed by atoms with Crippen molar-refractivity contribution < 1.29 is 18.0 Å². The van der Waals surface area contributed by atoms with Gasteiger partial charge in [0.1, 0.15) is 0 Å². The fourth-order valence-electron chi connectivity index (χ4n) is 2.28. The van der Waals surface area contributed by atoms with Crippen molar-refractivity contribution in [2.24, 2.45) is 0 Å². The first-order valence-corrected chi connectivity index (χ1v) is 7.53. The highest BCUT2D eigenvalue weighted by atomic mass is 19.4. The molecule has 2 N–H and O–H groups in total. The number of hydrogen-bond acceptors (Lipinski definition) is 2. The second kappa shape index (κ2) is 7.49. The minimum atomic E-state index is -4.34. The second-order valence-corrected chi connectivity index (χ2v) is 5.60. The fourth-order valence-corrected chi connectivity index (χ4v) is 2.28. The summed E-state index contributed by atoms with van der Waals surface area (Å²) in [5.74, 6) is -0.140. The lowest BCUT2D eigenvalue weighted by Crippen LogP contribution is -2.18. The van der Waals surface area contributed by atoms with E-state index in [9.17, 15) is 18.0 Å². The van der Waals surface area contributed by atoms with E-state index in [1.807, 2.05) is 19.1 Å². The average molecular weight is 336 g/mol. The SMILES string of the molecule is CC(=O)Nc1ccc(CN[C@@H](C)c2cccc(C(F)(F)F)c2)cc1. The molecule has 0 fully saturated rings. The molecule has 6 heteroatoms. The van der Waals surface area contributed by atoms with Gasteiger partial charge in [0.2, 0.25) is 5.91 Å². The number of rotatable bonds is 5. The van der Waals surface area contributed by atoms with E-state index >= 15 is 0 Å². The zero-order valence-electron chi connectivity index (χ0n) is 13.4. The van der Waals surface area contributed by atoms with Crippen LogP contribution in [-0.2, 0) is 17.5 Å². The summed E-state index contributed by atoms with van der Waals surface area (Å²) in [7, 11) is 0. The molecule has 128 valence electrons. The summed E-state index contributed by atoms with van der Waals surface area (Å²) < 4.78 is 38.3. The third-order valence-corrected chi connectivity index (χ3v) is 3.60. The molecular formula is C18H19F3N2O. The molecule has 1 atom stereocenters. The maximum Gasteiger partial charge on any atom is 0.416 e.